The van der Waals surface area contributed by atoms with Crippen molar-refractivity contribution >= 4 is 53.7 Å². The maximum absolute atomic E-state index is 6.42. The monoisotopic (exact) mass is 494 g/mol. The van der Waals surface area contributed by atoms with Gasteiger partial charge in [-0.2, -0.15) is 4.98 Å². The van der Waals surface area contributed by atoms with Crippen LogP contribution in [0.1, 0.15) is 12.5 Å². The molecule has 5 rings (SSSR count). The van der Waals surface area contributed by atoms with Gasteiger partial charge >= 0.3 is 0 Å². The predicted octanol–water partition coefficient (Wildman–Crippen LogP) is 5.43. The van der Waals surface area contributed by atoms with Crippen molar-refractivity contribution in [3.05, 3.63) is 59.2 Å². The molecule has 34 heavy (non-hydrogen) atoms. The molecule has 0 bridgehead atoms. The number of anilines is 5. The Labute approximate surface area is 208 Å². The van der Waals surface area contributed by atoms with Crippen LogP contribution in [0.4, 0.5) is 28.8 Å². The minimum absolute atomic E-state index is 0.257. The fourth-order valence-electron chi connectivity index (χ4n) is 5.09. The molecule has 2 N–H and O–H groups in total. The molecule has 0 amide bonds. The van der Waals surface area contributed by atoms with Crippen LogP contribution < -0.4 is 20.8 Å². The van der Waals surface area contributed by atoms with Crippen molar-refractivity contribution in [3.63, 3.8) is 0 Å². The van der Waals surface area contributed by atoms with E-state index in [0.717, 1.165) is 31.0 Å². The van der Waals surface area contributed by atoms with E-state index >= 15 is 0 Å². The number of hydrogen-bond acceptors (Lipinski definition) is 6. The summed E-state index contributed by atoms with van der Waals surface area (Å²) < 4.78 is 0. The lowest BCUT2D eigenvalue weighted by molar-refractivity contribution is -0.0178. The largest absolute Gasteiger partial charge is 0.370 e. The van der Waals surface area contributed by atoms with E-state index in [1.54, 1.807) is 6.20 Å². The summed E-state index contributed by atoms with van der Waals surface area (Å²) in [6.07, 6.45) is 1.64. The van der Waals surface area contributed by atoms with Crippen molar-refractivity contribution in [1.29, 1.82) is 0 Å². The van der Waals surface area contributed by atoms with E-state index < -0.39 is 0 Å². The average molecular weight is 495 g/mol. The van der Waals surface area contributed by atoms with Gasteiger partial charge in [-0.05, 0) is 61.9 Å². The Balaban J connectivity index is 1.28. The van der Waals surface area contributed by atoms with Crippen molar-refractivity contribution in [2.24, 2.45) is 5.41 Å². The van der Waals surface area contributed by atoms with Crippen LogP contribution in [-0.2, 0) is 0 Å². The number of hydrogen-bond donors (Lipinski definition) is 2. The van der Waals surface area contributed by atoms with E-state index in [-0.39, 0.29) is 7.92 Å². The highest BCUT2D eigenvalue weighted by molar-refractivity contribution is 7.64. The zero-order valence-electron chi connectivity index (χ0n) is 20.3. The molecule has 1 spiro atoms. The first kappa shape index (κ1) is 23.3. The number of nitrogens with one attached hydrogen (secondary N) is 2. The van der Waals surface area contributed by atoms with Gasteiger partial charge in [-0.25, -0.2) is 4.98 Å². The van der Waals surface area contributed by atoms with Gasteiger partial charge in [0.25, 0.3) is 0 Å². The summed E-state index contributed by atoms with van der Waals surface area (Å²) in [7, 11) is -0.257. The average Bonchev–Trinajstić information content (AvgIpc) is 2.76. The lowest BCUT2D eigenvalue weighted by Gasteiger charge is -2.61. The molecule has 3 heterocycles. The molecule has 3 aromatic rings. The van der Waals surface area contributed by atoms with Crippen LogP contribution >= 0.6 is 19.5 Å². The van der Waals surface area contributed by atoms with Crippen LogP contribution in [-0.4, -0.2) is 60.9 Å². The molecule has 0 atom stereocenters. The molecule has 2 saturated heterocycles. The van der Waals surface area contributed by atoms with E-state index in [1.807, 2.05) is 6.07 Å². The third-order valence-corrected chi connectivity index (χ3v) is 8.42. The molecule has 2 aromatic carbocycles. The van der Waals surface area contributed by atoms with Crippen molar-refractivity contribution in [3.8, 4) is 0 Å². The molecular weight excluding hydrogens is 463 g/mol. The summed E-state index contributed by atoms with van der Waals surface area (Å²) in [6.45, 7) is 14.9. The van der Waals surface area contributed by atoms with Crippen LogP contribution in [0.15, 0.2) is 48.7 Å². The second-order valence-electron chi connectivity index (χ2n) is 9.71. The van der Waals surface area contributed by atoms with Crippen LogP contribution in [0.5, 0.6) is 0 Å². The Morgan fingerprint density at radius 1 is 1.06 bits per heavy atom. The Morgan fingerprint density at radius 2 is 1.82 bits per heavy atom. The third-order valence-electron chi connectivity index (χ3n) is 6.79. The van der Waals surface area contributed by atoms with Crippen molar-refractivity contribution < 1.29 is 0 Å². The summed E-state index contributed by atoms with van der Waals surface area (Å²) in [5.74, 6) is 1.12. The van der Waals surface area contributed by atoms with Gasteiger partial charge in [-0.15, -0.1) is 0 Å². The van der Waals surface area contributed by atoms with E-state index in [4.69, 9.17) is 11.6 Å². The quantitative estimate of drug-likeness (QED) is 0.427. The van der Waals surface area contributed by atoms with Gasteiger partial charge in [0.1, 0.15) is 5.02 Å². The summed E-state index contributed by atoms with van der Waals surface area (Å²) in [5, 5.41) is 8.53. The van der Waals surface area contributed by atoms with E-state index in [2.05, 4.69) is 94.0 Å². The Kier molecular flexibility index (Phi) is 6.41. The molecule has 6 nitrogen and oxygen atoms in total. The van der Waals surface area contributed by atoms with Gasteiger partial charge in [0.05, 0.1) is 6.20 Å². The number of benzene rings is 2. The molecule has 0 radical (unpaired) electrons. The third kappa shape index (κ3) is 4.59. The number of rotatable bonds is 7. The van der Waals surface area contributed by atoms with Crippen molar-refractivity contribution in [2.45, 2.75) is 13.8 Å². The summed E-state index contributed by atoms with van der Waals surface area (Å²) in [5.41, 5.74) is 5.10. The number of aryl methyl sites for hydroxylation is 1. The zero-order chi connectivity index (χ0) is 23.9. The van der Waals surface area contributed by atoms with E-state index in [9.17, 15) is 0 Å². The molecule has 2 aliphatic heterocycles. The van der Waals surface area contributed by atoms with E-state index in [1.165, 1.54) is 29.6 Å². The molecular formula is C26H32ClN6P. The standard InChI is InChI=1S/C26H32ClN6P/c1-5-32-14-26(15-32)16-33(17-26)22-11-10-19(12-18(22)2)29-25-28-13-20(27)24(31-25)30-21-8-6-7-9-23(21)34(3)4/h6-13H,5,14-17H2,1-4H3,(H2,28,29,30,31). The first-order valence-electron chi connectivity index (χ1n) is 11.8. The summed E-state index contributed by atoms with van der Waals surface area (Å²) >= 11 is 6.42. The van der Waals surface area contributed by atoms with Gasteiger partial charge < -0.3 is 20.4 Å². The Morgan fingerprint density at radius 3 is 2.53 bits per heavy atom. The minimum Gasteiger partial charge on any atom is -0.370 e. The lowest BCUT2D eigenvalue weighted by atomic mass is 9.72. The highest BCUT2D eigenvalue weighted by Gasteiger charge is 2.51. The van der Waals surface area contributed by atoms with Crippen molar-refractivity contribution in [2.75, 3.05) is 61.6 Å². The summed E-state index contributed by atoms with van der Waals surface area (Å²) in [4.78, 5) is 14.1. The fraction of sp³-hybridized carbons (Fsp3) is 0.385. The SMILES string of the molecule is CCN1CC2(C1)CN(c1ccc(Nc3ncc(Cl)c(Nc4ccccc4P(C)C)n3)cc1C)C2. The number of para-hydroxylation sites is 1. The van der Waals surface area contributed by atoms with Crippen LogP contribution in [0, 0.1) is 12.3 Å². The lowest BCUT2D eigenvalue weighted by Crippen LogP contribution is -2.72. The van der Waals surface area contributed by atoms with E-state index in [0.29, 0.717) is 22.2 Å². The second kappa shape index (κ2) is 9.33. The second-order valence-corrected chi connectivity index (χ2v) is 12.4. The maximum Gasteiger partial charge on any atom is 0.229 e. The highest BCUT2D eigenvalue weighted by atomic mass is 35.5. The number of aromatic nitrogens is 2. The normalized spacial score (nSPS) is 16.9. The topological polar surface area (TPSA) is 56.3 Å². The fourth-order valence-corrected chi connectivity index (χ4v) is 6.22. The molecule has 2 aliphatic rings. The molecule has 2 fully saturated rings. The van der Waals surface area contributed by atoms with Gasteiger partial charge in [0.2, 0.25) is 5.95 Å². The smallest absolute Gasteiger partial charge is 0.229 e. The number of halogens is 1. The van der Waals surface area contributed by atoms with Crippen LogP contribution in [0.25, 0.3) is 0 Å². The molecule has 0 unspecified atom stereocenters. The van der Waals surface area contributed by atoms with Gasteiger partial charge in [-0.3, -0.25) is 0 Å². The first-order chi connectivity index (χ1) is 16.4. The minimum atomic E-state index is -0.257. The summed E-state index contributed by atoms with van der Waals surface area (Å²) in [6, 6.07) is 14.8. The van der Waals surface area contributed by atoms with Crippen molar-refractivity contribution in [1.82, 2.24) is 14.9 Å². The first-order valence-corrected chi connectivity index (χ1v) is 14.4. The molecule has 0 aliphatic carbocycles. The maximum atomic E-state index is 6.42. The number of nitrogens with zero attached hydrogens (tertiary/aromatic N) is 4. The molecule has 8 heteroatoms. The Hall–Kier alpha value is -2.40. The highest BCUT2D eigenvalue weighted by Crippen LogP contribution is 2.43. The van der Waals surface area contributed by atoms with Crippen LogP contribution in [0.2, 0.25) is 5.02 Å². The van der Waals surface area contributed by atoms with Gasteiger partial charge in [0.15, 0.2) is 5.82 Å². The molecule has 1 aromatic heterocycles. The zero-order valence-corrected chi connectivity index (χ0v) is 21.9. The predicted molar refractivity (Wildman–Crippen MR) is 146 cm³/mol. The molecule has 0 saturated carbocycles. The Bertz CT molecular complexity index is 1190. The van der Waals surface area contributed by atoms with Crippen LogP contribution in [0.3, 0.4) is 0 Å². The van der Waals surface area contributed by atoms with Gasteiger partial charge in [-0.1, -0.05) is 44.6 Å². The van der Waals surface area contributed by atoms with Gasteiger partial charge in [0, 0.05) is 48.7 Å². The number of likely N-dealkylation sites (tertiary alicyclic amines) is 1. The molecule has 178 valence electrons.